The van der Waals surface area contributed by atoms with Crippen LogP contribution >= 0.6 is 0 Å². The fraction of sp³-hybridized carbons (Fsp3) is 0.350. The Morgan fingerprint density at radius 3 is 2.85 bits per heavy atom. The van der Waals surface area contributed by atoms with Gasteiger partial charge in [0.1, 0.15) is 0 Å². The first-order valence-electron chi connectivity index (χ1n) is 9.16. The van der Waals surface area contributed by atoms with Crippen molar-refractivity contribution < 1.29 is 17.9 Å². The number of anilines is 1. The number of nitrogens with zero attached hydrogens (tertiary/aromatic N) is 1. The second kappa shape index (κ2) is 7.42. The number of fused-ring (bicyclic) bond motifs is 1. The first kappa shape index (κ1) is 18.2. The quantitative estimate of drug-likeness (QED) is 0.856. The van der Waals surface area contributed by atoms with Gasteiger partial charge in [-0.2, -0.15) is 0 Å². The van der Waals surface area contributed by atoms with Gasteiger partial charge in [-0.15, -0.1) is 0 Å². The summed E-state index contributed by atoms with van der Waals surface area (Å²) in [5, 5.41) is 0. The number of ether oxygens (including phenoxy) is 1. The Bertz CT molecular complexity index is 952. The molecule has 2 aliphatic heterocycles. The van der Waals surface area contributed by atoms with E-state index in [4.69, 9.17) is 4.74 Å². The van der Waals surface area contributed by atoms with Crippen LogP contribution in [0.15, 0.2) is 53.4 Å². The molecule has 0 aromatic heterocycles. The second-order valence-electron chi connectivity index (χ2n) is 6.85. The van der Waals surface area contributed by atoms with Gasteiger partial charge in [0.15, 0.2) is 0 Å². The number of hydrogen-bond donors (Lipinski definition) is 1. The topological polar surface area (TPSA) is 75.7 Å². The van der Waals surface area contributed by atoms with Crippen LogP contribution in [0.4, 0.5) is 5.69 Å². The highest BCUT2D eigenvalue weighted by Crippen LogP contribution is 2.29. The summed E-state index contributed by atoms with van der Waals surface area (Å²) in [5.41, 5.74) is 2.40. The molecule has 4 rings (SSSR count). The van der Waals surface area contributed by atoms with E-state index in [1.54, 1.807) is 17.0 Å². The zero-order valence-corrected chi connectivity index (χ0v) is 15.7. The van der Waals surface area contributed by atoms with E-state index in [9.17, 15) is 13.2 Å². The van der Waals surface area contributed by atoms with Crippen LogP contribution < -0.4 is 9.62 Å². The summed E-state index contributed by atoms with van der Waals surface area (Å²) >= 11 is 0. The minimum absolute atomic E-state index is 0.0781. The van der Waals surface area contributed by atoms with E-state index < -0.39 is 10.0 Å². The van der Waals surface area contributed by atoms with Crippen LogP contribution in [0.3, 0.4) is 0 Å². The maximum absolute atomic E-state index is 12.9. The summed E-state index contributed by atoms with van der Waals surface area (Å²) < 4.78 is 33.2. The predicted molar refractivity (Wildman–Crippen MR) is 102 cm³/mol. The van der Waals surface area contributed by atoms with E-state index in [0.29, 0.717) is 18.7 Å². The van der Waals surface area contributed by atoms with Crippen molar-refractivity contribution in [2.24, 2.45) is 0 Å². The summed E-state index contributed by atoms with van der Waals surface area (Å²) in [6.45, 7) is 1.53. The zero-order chi connectivity index (χ0) is 18.9. The largest absolute Gasteiger partial charge is 0.377 e. The van der Waals surface area contributed by atoms with Crippen LogP contribution in [0, 0.1) is 0 Å². The molecule has 6 nitrogen and oxygen atoms in total. The SMILES string of the molecule is O=C(c1cccc(S(=O)(=O)NC[C@@H]2CCCO2)c1)N1CCc2ccccc21. The Morgan fingerprint density at radius 1 is 1.19 bits per heavy atom. The van der Waals surface area contributed by atoms with Crippen LogP contribution in [0.2, 0.25) is 0 Å². The van der Waals surface area contributed by atoms with Gasteiger partial charge >= 0.3 is 0 Å². The van der Waals surface area contributed by atoms with Crippen molar-refractivity contribution in [1.29, 1.82) is 0 Å². The Kier molecular flexibility index (Phi) is 4.99. The summed E-state index contributed by atoms with van der Waals surface area (Å²) in [4.78, 5) is 14.8. The van der Waals surface area contributed by atoms with Crippen molar-refractivity contribution in [1.82, 2.24) is 4.72 Å². The molecule has 142 valence electrons. The molecule has 0 bridgehead atoms. The molecular weight excluding hydrogens is 364 g/mol. The summed E-state index contributed by atoms with van der Waals surface area (Å²) in [6, 6.07) is 14.0. The first-order chi connectivity index (χ1) is 13.0. The molecule has 1 fully saturated rings. The molecule has 2 aliphatic rings. The van der Waals surface area contributed by atoms with Gasteiger partial charge in [-0.3, -0.25) is 4.79 Å². The lowest BCUT2D eigenvalue weighted by atomic mass is 10.1. The minimum atomic E-state index is -3.69. The molecule has 0 unspecified atom stereocenters. The van der Waals surface area contributed by atoms with Crippen molar-refractivity contribution in [3.05, 3.63) is 59.7 Å². The third-order valence-corrected chi connectivity index (χ3v) is 6.47. The molecule has 1 atom stereocenters. The number of carbonyl (C=O) groups is 1. The summed E-state index contributed by atoms with van der Waals surface area (Å²) in [7, 11) is -3.69. The van der Waals surface area contributed by atoms with Gasteiger partial charge in [0.05, 0.1) is 11.0 Å². The lowest BCUT2D eigenvalue weighted by molar-refractivity contribution is 0.0989. The second-order valence-corrected chi connectivity index (χ2v) is 8.62. The van der Waals surface area contributed by atoms with Gasteiger partial charge in [-0.25, -0.2) is 13.1 Å². The maximum Gasteiger partial charge on any atom is 0.258 e. The number of benzene rings is 2. The van der Waals surface area contributed by atoms with Gasteiger partial charge in [0.2, 0.25) is 10.0 Å². The Balaban J connectivity index is 1.53. The number of para-hydroxylation sites is 1. The predicted octanol–water partition coefficient (Wildman–Crippen LogP) is 2.35. The molecule has 0 radical (unpaired) electrons. The average molecular weight is 386 g/mol. The average Bonchev–Trinajstić information content (AvgIpc) is 3.36. The monoisotopic (exact) mass is 386 g/mol. The van der Waals surface area contributed by atoms with Crippen molar-refractivity contribution in [3.8, 4) is 0 Å². The number of carbonyl (C=O) groups excluding carboxylic acids is 1. The molecule has 0 saturated carbocycles. The molecule has 1 N–H and O–H groups in total. The van der Waals surface area contributed by atoms with Crippen LogP contribution in [-0.4, -0.2) is 40.1 Å². The van der Waals surface area contributed by atoms with E-state index in [0.717, 1.165) is 30.5 Å². The number of sulfonamides is 1. The van der Waals surface area contributed by atoms with Gasteiger partial charge in [-0.05, 0) is 49.1 Å². The lowest BCUT2D eigenvalue weighted by Crippen LogP contribution is -2.32. The molecule has 1 amide bonds. The molecule has 1 saturated heterocycles. The molecule has 27 heavy (non-hydrogen) atoms. The van der Waals surface area contributed by atoms with Gasteiger partial charge < -0.3 is 9.64 Å². The number of rotatable bonds is 5. The van der Waals surface area contributed by atoms with Crippen molar-refractivity contribution in [2.75, 3.05) is 24.6 Å². The summed E-state index contributed by atoms with van der Waals surface area (Å²) in [5.74, 6) is -0.184. The van der Waals surface area contributed by atoms with Crippen LogP contribution in [0.25, 0.3) is 0 Å². The van der Waals surface area contributed by atoms with E-state index in [1.807, 2.05) is 24.3 Å². The molecule has 7 heteroatoms. The van der Waals surface area contributed by atoms with Gasteiger partial charge in [0.25, 0.3) is 5.91 Å². The molecule has 2 heterocycles. The fourth-order valence-corrected chi connectivity index (χ4v) is 4.70. The molecule has 0 aliphatic carbocycles. The van der Waals surface area contributed by atoms with E-state index in [1.165, 1.54) is 12.1 Å². The van der Waals surface area contributed by atoms with E-state index >= 15 is 0 Å². The van der Waals surface area contributed by atoms with Gasteiger partial charge in [0, 0.05) is 30.9 Å². The third kappa shape index (κ3) is 3.76. The highest BCUT2D eigenvalue weighted by Gasteiger charge is 2.26. The van der Waals surface area contributed by atoms with Crippen molar-refractivity contribution in [2.45, 2.75) is 30.3 Å². The summed E-state index contributed by atoms with van der Waals surface area (Å²) in [6.07, 6.45) is 2.54. The zero-order valence-electron chi connectivity index (χ0n) is 14.9. The minimum Gasteiger partial charge on any atom is -0.377 e. The fourth-order valence-electron chi connectivity index (χ4n) is 3.59. The van der Waals surface area contributed by atoms with E-state index in [2.05, 4.69) is 4.72 Å². The molecule has 2 aromatic carbocycles. The molecular formula is C20H22N2O4S. The van der Waals surface area contributed by atoms with Gasteiger partial charge in [-0.1, -0.05) is 24.3 Å². The molecule has 0 spiro atoms. The normalized spacial score (nSPS) is 19.3. The van der Waals surface area contributed by atoms with E-state index in [-0.39, 0.29) is 23.5 Å². The number of amides is 1. The number of hydrogen-bond acceptors (Lipinski definition) is 4. The molecule has 2 aromatic rings. The maximum atomic E-state index is 12.9. The Hall–Kier alpha value is -2.22. The highest BCUT2D eigenvalue weighted by atomic mass is 32.2. The first-order valence-corrected chi connectivity index (χ1v) is 10.6. The smallest absolute Gasteiger partial charge is 0.258 e. The Labute approximate surface area is 159 Å². The highest BCUT2D eigenvalue weighted by molar-refractivity contribution is 7.89. The number of nitrogens with one attached hydrogen (secondary N) is 1. The standard InChI is InChI=1S/C20H22N2O4S/c23-20(22-11-10-15-5-1-2-9-19(15)22)16-6-3-8-18(13-16)27(24,25)21-14-17-7-4-12-26-17/h1-3,5-6,8-9,13,17,21H,4,7,10-12,14H2/t17-/m0/s1. The lowest BCUT2D eigenvalue weighted by Gasteiger charge is -2.18. The van der Waals surface area contributed by atoms with Crippen LogP contribution in [0.1, 0.15) is 28.8 Å². The van der Waals surface area contributed by atoms with Crippen molar-refractivity contribution in [3.63, 3.8) is 0 Å². The van der Waals surface area contributed by atoms with Crippen molar-refractivity contribution >= 4 is 21.6 Å². The van der Waals surface area contributed by atoms with Crippen LogP contribution in [-0.2, 0) is 21.2 Å². The third-order valence-electron chi connectivity index (χ3n) is 5.05. The Morgan fingerprint density at radius 2 is 2.04 bits per heavy atom. The van der Waals surface area contributed by atoms with Crippen LogP contribution in [0.5, 0.6) is 0 Å².